The van der Waals surface area contributed by atoms with E-state index in [1.807, 2.05) is 0 Å². The SMILES string of the molecule is CC(C)CC(NC(=O)C(N)CCC(N)=O)C(=O)NC(CCC(N)=O)C(=O)NC(CC(N)=O)C(=O)O. The van der Waals surface area contributed by atoms with Crippen LogP contribution < -0.4 is 38.9 Å². The molecule has 6 amide bonds. The van der Waals surface area contributed by atoms with Crippen LogP contribution in [0.15, 0.2) is 0 Å². The molecule has 15 nitrogen and oxygen atoms in total. The maximum atomic E-state index is 12.9. The molecular weight excluding hydrogens is 466 g/mol. The minimum absolute atomic E-state index is 0.0444. The molecule has 0 aliphatic heterocycles. The van der Waals surface area contributed by atoms with Gasteiger partial charge in [0.05, 0.1) is 12.5 Å². The lowest BCUT2D eigenvalue weighted by atomic mass is 10.0. The number of carboxylic acid groups (broad SMARTS) is 1. The molecule has 35 heavy (non-hydrogen) atoms. The van der Waals surface area contributed by atoms with E-state index in [2.05, 4.69) is 16.0 Å². The fourth-order valence-corrected chi connectivity index (χ4v) is 2.91. The standard InChI is InChI=1S/C20H35N7O8/c1-9(2)7-12(26-17(31)10(21)3-5-14(22)28)19(33)25-11(4-6-15(23)29)18(32)27-13(20(34)35)8-16(24)30/h9-13H,3-8,21H2,1-2H3,(H2,22,28)(H2,23,29)(H2,24,30)(H,25,33)(H,26,31)(H,27,32)(H,34,35). The number of carboxylic acids is 1. The molecule has 15 heteroatoms. The van der Waals surface area contributed by atoms with E-state index in [0.717, 1.165) is 0 Å². The molecule has 198 valence electrons. The summed E-state index contributed by atoms with van der Waals surface area (Å²) in [5, 5.41) is 16.1. The van der Waals surface area contributed by atoms with E-state index in [1.165, 1.54) is 0 Å². The highest BCUT2D eigenvalue weighted by atomic mass is 16.4. The first-order valence-corrected chi connectivity index (χ1v) is 10.9. The van der Waals surface area contributed by atoms with E-state index < -0.39 is 72.0 Å². The second-order valence-electron chi connectivity index (χ2n) is 8.44. The molecule has 12 N–H and O–H groups in total. The molecule has 0 saturated carbocycles. The van der Waals surface area contributed by atoms with Crippen LogP contribution in [-0.2, 0) is 33.6 Å². The Morgan fingerprint density at radius 3 is 1.60 bits per heavy atom. The largest absolute Gasteiger partial charge is 0.480 e. The first-order valence-electron chi connectivity index (χ1n) is 10.9. The molecule has 0 aliphatic carbocycles. The van der Waals surface area contributed by atoms with Crippen LogP contribution in [0.4, 0.5) is 0 Å². The van der Waals surface area contributed by atoms with Gasteiger partial charge in [-0.25, -0.2) is 4.79 Å². The number of nitrogens with one attached hydrogen (secondary N) is 3. The minimum Gasteiger partial charge on any atom is -0.480 e. The van der Waals surface area contributed by atoms with Gasteiger partial charge in [-0.05, 0) is 25.2 Å². The second-order valence-corrected chi connectivity index (χ2v) is 8.44. The lowest BCUT2D eigenvalue weighted by Crippen LogP contribution is -2.57. The zero-order valence-electron chi connectivity index (χ0n) is 19.7. The molecular formula is C20H35N7O8. The number of nitrogens with two attached hydrogens (primary N) is 4. The Hall–Kier alpha value is -3.75. The molecule has 0 bridgehead atoms. The number of carbonyl (C=O) groups is 7. The Kier molecular flexibility index (Phi) is 13.6. The van der Waals surface area contributed by atoms with Crippen LogP contribution in [0.2, 0.25) is 0 Å². The molecule has 0 aromatic carbocycles. The van der Waals surface area contributed by atoms with E-state index in [4.69, 9.17) is 22.9 Å². The summed E-state index contributed by atoms with van der Waals surface area (Å²) < 4.78 is 0. The van der Waals surface area contributed by atoms with Crippen molar-refractivity contribution < 1.29 is 38.7 Å². The Balaban J connectivity index is 5.57. The van der Waals surface area contributed by atoms with E-state index in [9.17, 15) is 38.7 Å². The predicted octanol–water partition coefficient (Wildman–Crippen LogP) is -3.69. The van der Waals surface area contributed by atoms with E-state index in [-0.39, 0.29) is 38.0 Å². The van der Waals surface area contributed by atoms with Crippen LogP contribution in [0, 0.1) is 5.92 Å². The maximum Gasteiger partial charge on any atom is 0.326 e. The molecule has 4 unspecified atom stereocenters. The van der Waals surface area contributed by atoms with Crippen molar-refractivity contribution in [2.75, 3.05) is 0 Å². The van der Waals surface area contributed by atoms with Gasteiger partial charge in [0.2, 0.25) is 35.4 Å². The Morgan fingerprint density at radius 2 is 1.14 bits per heavy atom. The van der Waals surface area contributed by atoms with Crippen molar-refractivity contribution >= 4 is 41.4 Å². The normalized spacial score (nSPS) is 14.2. The highest BCUT2D eigenvalue weighted by Gasteiger charge is 2.31. The third-order valence-electron chi connectivity index (χ3n) is 4.71. The smallest absolute Gasteiger partial charge is 0.326 e. The number of hydrogen-bond acceptors (Lipinski definition) is 8. The van der Waals surface area contributed by atoms with Gasteiger partial charge in [0.15, 0.2) is 0 Å². The molecule has 0 heterocycles. The van der Waals surface area contributed by atoms with Gasteiger partial charge in [-0.1, -0.05) is 13.8 Å². The molecule has 0 radical (unpaired) electrons. The molecule has 0 aromatic rings. The zero-order valence-corrected chi connectivity index (χ0v) is 19.7. The molecule has 0 spiro atoms. The number of rotatable bonds is 17. The summed E-state index contributed by atoms with van der Waals surface area (Å²) in [7, 11) is 0. The molecule has 0 saturated heterocycles. The average molecular weight is 502 g/mol. The number of primary amides is 3. The molecule has 0 rings (SSSR count). The van der Waals surface area contributed by atoms with Crippen molar-refractivity contribution in [1.29, 1.82) is 0 Å². The maximum absolute atomic E-state index is 12.9. The molecule has 0 fully saturated rings. The fourth-order valence-electron chi connectivity index (χ4n) is 2.91. The summed E-state index contributed by atoms with van der Waals surface area (Å²) in [4.78, 5) is 82.5. The van der Waals surface area contributed by atoms with Crippen LogP contribution in [0.5, 0.6) is 0 Å². The highest BCUT2D eigenvalue weighted by Crippen LogP contribution is 2.08. The zero-order chi connectivity index (χ0) is 27.3. The summed E-state index contributed by atoms with van der Waals surface area (Å²) in [6.07, 6.45) is -1.35. The van der Waals surface area contributed by atoms with E-state index in [1.54, 1.807) is 13.8 Å². The summed E-state index contributed by atoms with van der Waals surface area (Å²) >= 11 is 0. The summed E-state index contributed by atoms with van der Waals surface area (Å²) in [5.41, 5.74) is 20.9. The number of amides is 6. The van der Waals surface area contributed by atoms with Crippen molar-refractivity contribution in [3.05, 3.63) is 0 Å². The van der Waals surface area contributed by atoms with Crippen LogP contribution in [0.3, 0.4) is 0 Å². The minimum atomic E-state index is -1.66. The van der Waals surface area contributed by atoms with Gasteiger partial charge in [-0.15, -0.1) is 0 Å². The van der Waals surface area contributed by atoms with Gasteiger partial charge in [0.1, 0.15) is 18.1 Å². The van der Waals surface area contributed by atoms with Gasteiger partial charge < -0.3 is 44.0 Å². The first-order chi connectivity index (χ1) is 16.1. The van der Waals surface area contributed by atoms with E-state index in [0.29, 0.717) is 0 Å². The van der Waals surface area contributed by atoms with Crippen molar-refractivity contribution in [3.8, 4) is 0 Å². The number of carbonyl (C=O) groups excluding carboxylic acids is 6. The molecule has 4 atom stereocenters. The third-order valence-corrected chi connectivity index (χ3v) is 4.71. The van der Waals surface area contributed by atoms with Crippen LogP contribution >= 0.6 is 0 Å². The van der Waals surface area contributed by atoms with Crippen molar-refractivity contribution in [1.82, 2.24) is 16.0 Å². The van der Waals surface area contributed by atoms with Gasteiger partial charge in [-0.2, -0.15) is 0 Å². The number of hydrogen-bond donors (Lipinski definition) is 8. The Morgan fingerprint density at radius 1 is 0.686 bits per heavy atom. The predicted molar refractivity (Wildman–Crippen MR) is 122 cm³/mol. The van der Waals surface area contributed by atoms with Crippen LogP contribution in [-0.4, -0.2) is 70.7 Å². The van der Waals surface area contributed by atoms with E-state index >= 15 is 0 Å². The lowest BCUT2D eigenvalue weighted by Gasteiger charge is -2.25. The van der Waals surface area contributed by atoms with Crippen LogP contribution in [0.25, 0.3) is 0 Å². The van der Waals surface area contributed by atoms with Crippen molar-refractivity contribution in [2.45, 2.75) is 76.5 Å². The quantitative estimate of drug-likeness (QED) is 0.0971. The summed E-state index contributed by atoms with van der Waals surface area (Å²) in [5.74, 6) is -6.56. The average Bonchev–Trinajstić information content (AvgIpc) is 2.72. The van der Waals surface area contributed by atoms with Gasteiger partial charge in [-0.3, -0.25) is 28.8 Å². The molecule has 0 aliphatic rings. The monoisotopic (exact) mass is 501 g/mol. The highest BCUT2D eigenvalue weighted by molar-refractivity contribution is 5.95. The number of aliphatic carboxylic acids is 1. The first kappa shape index (κ1) is 31.2. The van der Waals surface area contributed by atoms with Crippen LogP contribution in [0.1, 0.15) is 52.4 Å². The summed E-state index contributed by atoms with van der Waals surface area (Å²) in [6.45, 7) is 3.55. The topological polar surface area (TPSA) is 280 Å². The van der Waals surface area contributed by atoms with Crippen molar-refractivity contribution in [3.63, 3.8) is 0 Å². The van der Waals surface area contributed by atoms with Crippen molar-refractivity contribution in [2.24, 2.45) is 28.9 Å². The third kappa shape index (κ3) is 13.5. The summed E-state index contributed by atoms with van der Waals surface area (Å²) in [6, 6.07) is -5.35. The van der Waals surface area contributed by atoms with Gasteiger partial charge in [0.25, 0.3) is 0 Å². The second kappa shape index (κ2) is 15.2. The Labute approximate surface area is 202 Å². The van der Waals surface area contributed by atoms with Gasteiger partial charge in [0, 0.05) is 12.8 Å². The fraction of sp³-hybridized carbons (Fsp3) is 0.650. The lowest BCUT2D eigenvalue weighted by molar-refractivity contribution is -0.144. The Bertz CT molecular complexity index is 817. The molecule has 0 aromatic heterocycles. The van der Waals surface area contributed by atoms with Gasteiger partial charge >= 0.3 is 5.97 Å².